The van der Waals surface area contributed by atoms with E-state index in [1.54, 1.807) is 11.8 Å². The van der Waals surface area contributed by atoms with E-state index in [-0.39, 0.29) is 57.9 Å². The second kappa shape index (κ2) is 14.7. The van der Waals surface area contributed by atoms with Crippen molar-refractivity contribution in [2.45, 2.75) is 199 Å². The lowest BCUT2D eigenvalue weighted by Crippen LogP contribution is -2.63. The van der Waals surface area contributed by atoms with Gasteiger partial charge in [-0.05, 0) is 120 Å². The van der Waals surface area contributed by atoms with Crippen LogP contribution in [0.5, 0.6) is 0 Å². The molecule has 2 spiro atoms. The number of sulfonamides is 1. The number of nitrogens with one attached hydrogen (secondary N) is 4. The topological polar surface area (TPSA) is 174 Å². The molecule has 2 heterocycles. The fraction of sp³-hybridized carbons (Fsp3) is 0.886. The van der Waals surface area contributed by atoms with Crippen molar-refractivity contribution in [3.8, 4) is 0 Å². The lowest BCUT2D eigenvalue weighted by Gasteiger charge is -2.38. The van der Waals surface area contributed by atoms with Gasteiger partial charge in [-0.3, -0.25) is 33.6 Å². The van der Waals surface area contributed by atoms with Gasteiger partial charge in [0.05, 0.1) is 10.8 Å². The van der Waals surface area contributed by atoms with Gasteiger partial charge in [0, 0.05) is 18.0 Å². The number of likely N-dealkylation sites (tertiary alicyclic amines) is 2. The first-order chi connectivity index (χ1) is 27.0. The first-order valence-corrected chi connectivity index (χ1v) is 24.1. The highest BCUT2D eigenvalue weighted by atomic mass is 32.2. The van der Waals surface area contributed by atoms with Crippen LogP contribution in [-0.2, 0) is 34.0 Å². The maximum absolute atomic E-state index is 15.3. The molecule has 0 aromatic heterocycles. The minimum Gasteiger partial charge on any atom is -0.343 e. The number of nitrogens with zero attached hydrogens (tertiary/aromatic N) is 2. The van der Waals surface area contributed by atoms with E-state index in [4.69, 9.17) is 0 Å². The molecule has 5 saturated carbocycles. The molecule has 13 nitrogen and oxygen atoms in total. The third-order valence-corrected chi connectivity index (χ3v) is 19.1. The maximum atomic E-state index is 15.3. The average molecular weight is 829 g/mol. The fourth-order valence-electron chi connectivity index (χ4n) is 12.3. The number of carbonyl (C=O) groups excluding carboxylic acids is 5. The molecule has 7 aliphatic rings. The van der Waals surface area contributed by atoms with Crippen molar-refractivity contribution in [1.29, 1.82) is 0 Å². The van der Waals surface area contributed by atoms with Gasteiger partial charge >= 0.3 is 0 Å². The Hall–Kier alpha value is -2.74. The number of hydrogen-bond acceptors (Lipinski definition) is 8. The van der Waals surface area contributed by atoms with Crippen molar-refractivity contribution in [2.24, 2.45) is 33.5 Å². The van der Waals surface area contributed by atoms with E-state index in [1.165, 1.54) is 0 Å². The zero-order valence-electron chi connectivity index (χ0n) is 36.7. The number of rotatable bonds is 13. The minimum atomic E-state index is -3.93. The van der Waals surface area contributed by atoms with Crippen LogP contribution in [0.1, 0.15) is 159 Å². The Labute approximate surface area is 347 Å². The molecule has 0 aromatic rings. The lowest BCUT2D eigenvalue weighted by atomic mass is 9.73. The van der Waals surface area contributed by atoms with Crippen LogP contribution in [-0.4, -0.2) is 101 Å². The monoisotopic (exact) mass is 829 g/mol. The number of fused-ring (bicyclic) bond motifs is 1. The van der Waals surface area contributed by atoms with Crippen LogP contribution in [0.3, 0.4) is 0 Å². The third-order valence-electron chi connectivity index (χ3n) is 16.9. The van der Waals surface area contributed by atoms with Crippen LogP contribution in [0.15, 0.2) is 0 Å². The first-order valence-electron chi connectivity index (χ1n) is 22.6. The lowest BCUT2D eigenvalue weighted by molar-refractivity contribution is -0.145. The van der Waals surface area contributed by atoms with Crippen LogP contribution in [0, 0.1) is 33.5 Å². The summed E-state index contributed by atoms with van der Waals surface area (Å²) in [6.45, 7) is 19.1. The Bertz CT molecular complexity index is 1790. The molecule has 2 saturated heterocycles. The van der Waals surface area contributed by atoms with Gasteiger partial charge < -0.3 is 20.9 Å². The Kier molecular flexibility index (Phi) is 11.0. The summed E-state index contributed by atoms with van der Waals surface area (Å²) in [7, 11) is -3.93. The van der Waals surface area contributed by atoms with E-state index < -0.39 is 55.7 Å². The smallest absolute Gasteiger partial charge is 0.259 e. The summed E-state index contributed by atoms with van der Waals surface area (Å²) in [4.78, 5) is 76.3. The molecular weight excluding hydrogens is 757 g/mol. The van der Waals surface area contributed by atoms with Gasteiger partial charge in [0.2, 0.25) is 33.7 Å². The van der Waals surface area contributed by atoms with Gasteiger partial charge in [-0.1, -0.05) is 73.6 Å². The van der Waals surface area contributed by atoms with Gasteiger partial charge in [-0.2, -0.15) is 0 Å². The Balaban J connectivity index is 1.15. The van der Waals surface area contributed by atoms with Crippen LogP contribution in [0.2, 0.25) is 0 Å². The summed E-state index contributed by atoms with van der Waals surface area (Å²) in [6, 6.07) is -2.81. The third kappa shape index (κ3) is 6.89. The molecule has 0 unspecified atom stereocenters. The Morgan fingerprint density at radius 2 is 1.45 bits per heavy atom. The number of amides is 5. The van der Waals surface area contributed by atoms with Crippen molar-refractivity contribution in [2.75, 3.05) is 13.1 Å². The summed E-state index contributed by atoms with van der Waals surface area (Å²) in [5.74, 6) is -2.32. The molecule has 14 heteroatoms. The molecule has 58 heavy (non-hydrogen) atoms. The molecule has 326 valence electrons. The summed E-state index contributed by atoms with van der Waals surface area (Å²) in [5, 5.41) is 9.38. The van der Waals surface area contributed by atoms with Gasteiger partial charge in [0.15, 0.2) is 0 Å². The van der Waals surface area contributed by atoms with E-state index in [9.17, 15) is 27.6 Å². The van der Waals surface area contributed by atoms with Gasteiger partial charge in [-0.15, -0.1) is 0 Å². The van der Waals surface area contributed by atoms with E-state index in [0.717, 1.165) is 70.8 Å². The summed E-state index contributed by atoms with van der Waals surface area (Å²) >= 11 is 0. The second-order valence-electron chi connectivity index (χ2n) is 21.7. The molecule has 5 amide bonds. The van der Waals surface area contributed by atoms with E-state index >= 15 is 4.79 Å². The van der Waals surface area contributed by atoms with Crippen LogP contribution < -0.4 is 20.7 Å². The van der Waals surface area contributed by atoms with Crippen LogP contribution >= 0.6 is 0 Å². The minimum absolute atomic E-state index is 0.00287. The normalized spacial score (nSPS) is 33.3. The second-order valence-corrected chi connectivity index (χ2v) is 23.9. The van der Waals surface area contributed by atoms with Crippen molar-refractivity contribution in [3.05, 3.63) is 0 Å². The Morgan fingerprint density at radius 3 is 1.97 bits per heavy atom. The van der Waals surface area contributed by atoms with Crippen molar-refractivity contribution in [1.82, 2.24) is 30.5 Å². The van der Waals surface area contributed by atoms with Crippen molar-refractivity contribution >= 4 is 39.6 Å². The quantitative estimate of drug-likeness (QED) is 0.210. The molecule has 7 fully saturated rings. The molecular formula is C44H72N6O7S. The SMILES string of the molecule is CC[C@@H]1C[C@]1(NC(=O)[C@@H]1C[C@@]2(CN1C(=O)[C@@H](NC(=O)[C@@H](NC(=O)[C@@H]1CCCN1C(C)C)C1CCCCC1)C(C)(C)C)C(C)(C)C21CCC1)C(=O)NS(=O)(=O)C1(C)CC1. The highest BCUT2D eigenvalue weighted by molar-refractivity contribution is 7.91. The molecule has 7 atom stereocenters. The summed E-state index contributed by atoms with van der Waals surface area (Å²) < 4.78 is 27.7. The zero-order chi connectivity index (χ0) is 42.4. The molecule has 0 aromatic carbocycles. The number of carbonyl (C=O) groups is 5. The largest absolute Gasteiger partial charge is 0.343 e. The summed E-state index contributed by atoms with van der Waals surface area (Å²) in [6.07, 6.45) is 11.7. The number of hydrogen-bond donors (Lipinski definition) is 4. The fourth-order valence-corrected chi connectivity index (χ4v) is 13.6. The highest BCUT2D eigenvalue weighted by Crippen LogP contribution is 2.88. The van der Waals surface area contributed by atoms with Crippen LogP contribution in [0.4, 0.5) is 0 Å². The maximum Gasteiger partial charge on any atom is 0.259 e. The zero-order valence-corrected chi connectivity index (χ0v) is 37.5. The van der Waals surface area contributed by atoms with Crippen molar-refractivity contribution in [3.63, 3.8) is 0 Å². The van der Waals surface area contributed by atoms with Gasteiger partial charge in [0.1, 0.15) is 23.7 Å². The van der Waals surface area contributed by atoms with Gasteiger partial charge in [0.25, 0.3) is 5.91 Å². The molecule has 2 aliphatic heterocycles. The highest BCUT2D eigenvalue weighted by Gasteiger charge is 2.85. The standard InChI is InChI=1S/C44H72N6O7S/c1-10-29-24-44(29,38(55)48-58(56,57)41(9)21-22-41)47-35(52)31-25-43(40(7,8)42(43)19-15-20-42)26-50(31)37(54)33(39(4,5)6)46-36(53)32(28-16-12-11-13-17-28)45-34(51)30-18-14-23-49(30)27(2)3/h27-33H,10-26H2,1-9H3,(H,45,51)(H,46,53)(H,47,52)(H,48,55)/t29-,30+,31+,32+,33-,43-,44-/m1/s1. The Morgan fingerprint density at radius 1 is 0.793 bits per heavy atom. The van der Waals surface area contributed by atoms with Gasteiger partial charge in [-0.25, -0.2) is 8.42 Å². The molecule has 0 radical (unpaired) electrons. The predicted molar refractivity (Wildman–Crippen MR) is 221 cm³/mol. The average Bonchev–Trinajstić information content (AvgIpc) is 4.00. The molecule has 7 rings (SSSR count). The van der Waals surface area contributed by atoms with E-state index in [0.29, 0.717) is 38.6 Å². The predicted octanol–water partition coefficient (Wildman–Crippen LogP) is 4.54. The first kappa shape index (κ1) is 43.4. The van der Waals surface area contributed by atoms with Crippen LogP contribution in [0.25, 0.3) is 0 Å². The molecule has 4 N–H and O–H groups in total. The van der Waals surface area contributed by atoms with E-state index in [2.05, 4.69) is 53.3 Å². The molecule has 5 aliphatic carbocycles. The summed E-state index contributed by atoms with van der Waals surface area (Å²) in [5.41, 5.74) is -2.56. The molecule has 0 bridgehead atoms. The van der Waals surface area contributed by atoms with Crippen molar-refractivity contribution < 1.29 is 32.4 Å². The van der Waals surface area contributed by atoms with E-state index in [1.807, 2.05) is 27.7 Å².